The molecule has 0 N–H and O–H groups in total. The molecule has 0 radical (unpaired) electrons. The van der Waals surface area contributed by atoms with Crippen molar-refractivity contribution in [3.8, 4) is 5.75 Å². The van der Waals surface area contributed by atoms with Crippen molar-refractivity contribution in [3.63, 3.8) is 0 Å². The minimum absolute atomic E-state index is 0.0329. The van der Waals surface area contributed by atoms with Crippen LogP contribution in [0.15, 0.2) is 24.3 Å². The Kier molecular flexibility index (Phi) is 6.35. The van der Waals surface area contributed by atoms with Gasteiger partial charge in [-0.1, -0.05) is 13.8 Å². The number of rotatable bonds is 5. The van der Waals surface area contributed by atoms with E-state index in [2.05, 4.69) is 16.6 Å². The van der Waals surface area contributed by atoms with Gasteiger partial charge in [-0.05, 0) is 69.0 Å². The van der Waals surface area contributed by atoms with Crippen LogP contribution in [0, 0.1) is 5.92 Å². The van der Waals surface area contributed by atoms with Gasteiger partial charge in [0.05, 0.1) is 0 Å². The van der Waals surface area contributed by atoms with Crippen LogP contribution in [-0.4, -0.2) is 54.0 Å². The molecular formula is C21H30F2N2O2. The number of carbonyl (C=O) groups is 1. The molecule has 150 valence electrons. The van der Waals surface area contributed by atoms with Crippen LogP contribution in [0.1, 0.15) is 56.3 Å². The smallest absolute Gasteiger partial charge is 0.397 e. The minimum Gasteiger partial charge on any atom is -0.433 e. The number of piperidine rings is 2. The number of halogens is 2. The van der Waals surface area contributed by atoms with Crippen LogP contribution in [-0.2, 0) is 0 Å². The number of ether oxygens (including phenoxy) is 1. The molecule has 2 aliphatic heterocycles. The average Bonchev–Trinajstić information content (AvgIpc) is 2.68. The second-order valence-corrected chi connectivity index (χ2v) is 7.86. The second kappa shape index (κ2) is 8.55. The molecule has 6 heteroatoms. The van der Waals surface area contributed by atoms with E-state index >= 15 is 0 Å². The van der Waals surface area contributed by atoms with E-state index in [0.717, 1.165) is 31.8 Å². The van der Waals surface area contributed by atoms with Crippen molar-refractivity contribution < 1.29 is 18.3 Å². The van der Waals surface area contributed by atoms with E-state index in [1.165, 1.54) is 45.0 Å². The minimum atomic E-state index is -3.18. The van der Waals surface area contributed by atoms with Gasteiger partial charge in [-0.3, -0.25) is 4.79 Å². The Bertz CT molecular complexity index is 620. The molecule has 0 bridgehead atoms. The molecule has 0 spiro atoms. The normalized spacial score (nSPS) is 20.7. The first-order valence-electron chi connectivity index (χ1n) is 10.1. The first-order chi connectivity index (χ1) is 12.9. The maximum Gasteiger partial charge on any atom is 0.397 e. The summed E-state index contributed by atoms with van der Waals surface area (Å²) in [4.78, 5) is 17.2. The third-order valence-corrected chi connectivity index (χ3v) is 5.87. The molecule has 1 aromatic rings. The van der Waals surface area contributed by atoms with E-state index in [0.29, 0.717) is 11.6 Å². The molecule has 2 fully saturated rings. The summed E-state index contributed by atoms with van der Waals surface area (Å²) in [5.74, 6) is 0.873. The Balaban J connectivity index is 1.51. The number of nitrogens with zero attached hydrogens (tertiary/aromatic N) is 2. The molecule has 0 atom stereocenters. The van der Waals surface area contributed by atoms with Gasteiger partial charge in [0, 0.05) is 31.1 Å². The van der Waals surface area contributed by atoms with Crippen LogP contribution in [0.25, 0.3) is 0 Å². The van der Waals surface area contributed by atoms with Crippen LogP contribution in [0.2, 0.25) is 0 Å². The van der Waals surface area contributed by atoms with Crippen molar-refractivity contribution in [1.82, 2.24) is 9.80 Å². The van der Waals surface area contributed by atoms with Gasteiger partial charge in [-0.25, -0.2) is 0 Å². The summed E-state index contributed by atoms with van der Waals surface area (Å²) in [6.45, 7) is 7.53. The Labute approximate surface area is 160 Å². The SMILES string of the molecule is CCC(F)(F)Oc1ccc(C(=O)N2CCC(N3CCC(C)CC3)CC2)cc1. The number of hydrogen-bond acceptors (Lipinski definition) is 3. The van der Waals surface area contributed by atoms with Gasteiger partial charge in [0.25, 0.3) is 5.91 Å². The highest BCUT2D eigenvalue weighted by Crippen LogP contribution is 2.26. The number of amides is 1. The largest absolute Gasteiger partial charge is 0.433 e. The fourth-order valence-corrected chi connectivity index (χ4v) is 3.92. The molecular weight excluding hydrogens is 350 g/mol. The van der Waals surface area contributed by atoms with Crippen molar-refractivity contribution in [2.75, 3.05) is 26.2 Å². The topological polar surface area (TPSA) is 32.8 Å². The summed E-state index contributed by atoms with van der Waals surface area (Å²) < 4.78 is 31.3. The highest BCUT2D eigenvalue weighted by atomic mass is 19.3. The van der Waals surface area contributed by atoms with E-state index in [1.807, 2.05) is 4.90 Å². The fraction of sp³-hybridized carbons (Fsp3) is 0.667. The van der Waals surface area contributed by atoms with Crippen molar-refractivity contribution in [3.05, 3.63) is 29.8 Å². The molecule has 2 saturated heterocycles. The summed E-state index contributed by atoms with van der Waals surface area (Å²) in [6.07, 6.45) is 0.974. The molecule has 1 aromatic carbocycles. The van der Waals surface area contributed by atoms with Gasteiger partial charge in [0.1, 0.15) is 5.75 Å². The van der Waals surface area contributed by atoms with Gasteiger partial charge in [0.15, 0.2) is 0 Å². The zero-order valence-corrected chi connectivity index (χ0v) is 16.3. The molecule has 2 heterocycles. The number of benzene rings is 1. The molecule has 0 saturated carbocycles. The maximum absolute atomic E-state index is 13.3. The molecule has 0 unspecified atom stereocenters. The van der Waals surface area contributed by atoms with E-state index in [1.54, 1.807) is 12.1 Å². The monoisotopic (exact) mass is 380 g/mol. The molecule has 0 aromatic heterocycles. The van der Waals surface area contributed by atoms with Crippen LogP contribution in [0.3, 0.4) is 0 Å². The van der Waals surface area contributed by atoms with Gasteiger partial charge in [-0.15, -0.1) is 0 Å². The van der Waals surface area contributed by atoms with Crippen LogP contribution >= 0.6 is 0 Å². The van der Waals surface area contributed by atoms with E-state index < -0.39 is 12.5 Å². The molecule has 27 heavy (non-hydrogen) atoms. The third kappa shape index (κ3) is 5.18. The predicted octanol–water partition coefficient (Wildman–Crippen LogP) is 4.40. The van der Waals surface area contributed by atoms with Gasteiger partial charge >= 0.3 is 6.11 Å². The lowest BCUT2D eigenvalue weighted by atomic mass is 9.95. The Morgan fingerprint density at radius 2 is 1.67 bits per heavy atom. The summed E-state index contributed by atoms with van der Waals surface area (Å²) in [7, 11) is 0. The molecule has 2 aliphatic rings. The first kappa shape index (κ1) is 20.1. The number of carbonyl (C=O) groups excluding carboxylic acids is 1. The van der Waals surface area contributed by atoms with Gasteiger partial charge in [0.2, 0.25) is 0 Å². The number of hydrogen-bond donors (Lipinski definition) is 0. The third-order valence-electron chi connectivity index (χ3n) is 5.87. The molecule has 4 nitrogen and oxygen atoms in total. The Morgan fingerprint density at radius 3 is 2.22 bits per heavy atom. The quantitative estimate of drug-likeness (QED) is 0.759. The van der Waals surface area contributed by atoms with Crippen LogP contribution < -0.4 is 4.74 Å². The predicted molar refractivity (Wildman–Crippen MR) is 101 cm³/mol. The van der Waals surface area contributed by atoms with Crippen LogP contribution in [0.4, 0.5) is 8.78 Å². The first-order valence-corrected chi connectivity index (χ1v) is 10.1. The summed E-state index contributed by atoms with van der Waals surface area (Å²) in [5, 5.41) is 0. The maximum atomic E-state index is 13.3. The molecule has 3 rings (SSSR count). The standard InChI is InChI=1S/C21H30F2N2O2/c1-3-21(22,23)27-19-6-4-17(5-7-19)20(26)25-14-10-18(11-15-25)24-12-8-16(2)9-13-24/h4-7,16,18H,3,8-15H2,1-2H3. The average molecular weight is 380 g/mol. The van der Waals surface area contributed by atoms with E-state index in [-0.39, 0.29) is 11.7 Å². The van der Waals surface area contributed by atoms with E-state index in [9.17, 15) is 13.6 Å². The molecule has 1 amide bonds. The van der Waals surface area contributed by atoms with Crippen molar-refractivity contribution in [2.24, 2.45) is 5.92 Å². The lowest BCUT2D eigenvalue weighted by Gasteiger charge is -2.41. The van der Waals surface area contributed by atoms with Crippen LogP contribution in [0.5, 0.6) is 5.75 Å². The lowest BCUT2D eigenvalue weighted by molar-refractivity contribution is -0.177. The second-order valence-electron chi connectivity index (χ2n) is 7.86. The highest BCUT2D eigenvalue weighted by Gasteiger charge is 2.30. The van der Waals surface area contributed by atoms with E-state index in [4.69, 9.17) is 0 Å². The van der Waals surface area contributed by atoms with Crippen molar-refractivity contribution >= 4 is 5.91 Å². The highest BCUT2D eigenvalue weighted by molar-refractivity contribution is 5.94. The lowest BCUT2D eigenvalue weighted by Crippen LogP contribution is -2.48. The molecule has 0 aliphatic carbocycles. The van der Waals surface area contributed by atoms with Gasteiger partial charge in [-0.2, -0.15) is 8.78 Å². The summed E-state index contributed by atoms with van der Waals surface area (Å²) >= 11 is 0. The summed E-state index contributed by atoms with van der Waals surface area (Å²) in [5.41, 5.74) is 0.521. The van der Waals surface area contributed by atoms with Crippen molar-refractivity contribution in [2.45, 2.75) is 58.1 Å². The summed E-state index contributed by atoms with van der Waals surface area (Å²) in [6, 6.07) is 6.61. The number of likely N-dealkylation sites (tertiary alicyclic amines) is 2. The zero-order chi connectivity index (χ0) is 19.4. The van der Waals surface area contributed by atoms with Gasteiger partial charge < -0.3 is 14.5 Å². The number of alkyl halides is 2. The fourth-order valence-electron chi connectivity index (χ4n) is 3.92. The Morgan fingerprint density at radius 1 is 1.07 bits per heavy atom. The zero-order valence-electron chi connectivity index (χ0n) is 16.3. The van der Waals surface area contributed by atoms with Crippen molar-refractivity contribution in [1.29, 1.82) is 0 Å². The Hall–Kier alpha value is -1.69.